The SMILES string of the molecule is CO[C@H]1O[C@H](COCc2ccccc2)[C@H]2O[C@H]3O[C@H](COCc4ccccc4)[C@@H](OCc4ccccc4)[C@H](OCc4ccccc4)[C@H]3OCc3ccc(cc3)C(=O)O[C@@H]2[C@H]1OCc1ccccc1. The zero-order valence-corrected chi connectivity index (χ0v) is 38.1. The van der Waals surface area contributed by atoms with Gasteiger partial charge in [0, 0.05) is 7.11 Å². The van der Waals surface area contributed by atoms with Crippen molar-refractivity contribution in [2.45, 2.75) is 101 Å². The lowest BCUT2D eigenvalue weighted by Crippen LogP contribution is -2.66. The van der Waals surface area contributed by atoms with Gasteiger partial charge in [-0.15, -0.1) is 0 Å². The van der Waals surface area contributed by atoms with Crippen molar-refractivity contribution in [3.8, 4) is 0 Å². The molecule has 2 fully saturated rings. The summed E-state index contributed by atoms with van der Waals surface area (Å²) in [5.74, 6) is -0.573. The molecule has 68 heavy (non-hydrogen) atoms. The lowest BCUT2D eigenvalue weighted by Gasteiger charge is -2.49. The predicted molar refractivity (Wildman–Crippen MR) is 251 cm³/mol. The molecular formula is C56H58O12. The van der Waals surface area contributed by atoms with E-state index < -0.39 is 67.4 Å². The molecule has 4 heterocycles. The highest BCUT2D eigenvalue weighted by Crippen LogP contribution is 2.37. The summed E-state index contributed by atoms with van der Waals surface area (Å²) >= 11 is 0. The van der Waals surface area contributed by atoms with Gasteiger partial charge in [0.05, 0.1) is 58.4 Å². The van der Waals surface area contributed by atoms with Gasteiger partial charge in [-0.25, -0.2) is 4.79 Å². The molecule has 0 N–H and O–H groups in total. The van der Waals surface area contributed by atoms with Crippen LogP contribution in [-0.4, -0.2) is 87.7 Å². The molecule has 0 amide bonds. The number of methoxy groups -OCH3 is 1. The van der Waals surface area contributed by atoms with Gasteiger partial charge in [-0.2, -0.15) is 0 Å². The second-order valence-corrected chi connectivity index (χ2v) is 17.0. The highest BCUT2D eigenvalue weighted by atomic mass is 16.8. The van der Waals surface area contributed by atoms with Crippen LogP contribution in [0.4, 0.5) is 0 Å². The number of hydrogen-bond acceptors (Lipinski definition) is 12. The van der Waals surface area contributed by atoms with Crippen LogP contribution in [0, 0.1) is 0 Å². The molecule has 10 atom stereocenters. The van der Waals surface area contributed by atoms with Crippen LogP contribution >= 0.6 is 0 Å². The fourth-order valence-corrected chi connectivity index (χ4v) is 8.68. The second kappa shape index (κ2) is 24.1. The molecule has 0 saturated carbocycles. The largest absolute Gasteiger partial charge is 0.453 e. The zero-order valence-electron chi connectivity index (χ0n) is 38.1. The summed E-state index contributed by atoms with van der Waals surface area (Å²) in [5.41, 5.74) is 5.97. The number of carbonyl (C=O) groups excluding carboxylic acids is 1. The monoisotopic (exact) mass is 922 g/mol. The van der Waals surface area contributed by atoms with Crippen LogP contribution in [0.3, 0.4) is 0 Å². The summed E-state index contributed by atoms with van der Waals surface area (Å²) in [7, 11) is 1.53. The van der Waals surface area contributed by atoms with Gasteiger partial charge in [0.25, 0.3) is 0 Å². The number of esters is 1. The Labute approximate surface area is 397 Å². The first-order chi connectivity index (χ1) is 33.6. The number of benzene rings is 6. The van der Waals surface area contributed by atoms with E-state index in [1.807, 2.05) is 164 Å². The van der Waals surface area contributed by atoms with Crippen molar-refractivity contribution in [2.75, 3.05) is 20.3 Å². The van der Waals surface area contributed by atoms with Gasteiger partial charge in [-0.05, 0) is 45.5 Å². The maximum absolute atomic E-state index is 14.3. The van der Waals surface area contributed by atoms with E-state index in [-0.39, 0.29) is 46.2 Å². The maximum atomic E-state index is 14.3. The molecule has 0 radical (unpaired) electrons. The predicted octanol–water partition coefficient (Wildman–Crippen LogP) is 8.78. The fourth-order valence-electron chi connectivity index (χ4n) is 8.68. The highest BCUT2D eigenvalue weighted by molar-refractivity contribution is 5.89. The number of fused-ring (bicyclic) bond motifs is 4. The van der Waals surface area contributed by atoms with E-state index >= 15 is 0 Å². The fraction of sp³-hybridized carbons (Fsp3) is 0.339. The molecule has 6 aromatic carbocycles. The zero-order chi connectivity index (χ0) is 46.3. The molecule has 0 aliphatic carbocycles. The Bertz CT molecular complexity index is 2390. The molecular weight excluding hydrogens is 865 g/mol. The Balaban J connectivity index is 1.11. The first-order valence-corrected chi connectivity index (χ1v) is 23.2. The van der Waals surface area contributed by atoms with Crippen LogP contribution < -0.4 is 0 Å². The van der Waals surface area contributed by atoms with Crippen molar-refractivity contribution in [3.05, 3.63) is 215 Å². The van der Waals surface area contributed by atoms with Crippen molar-refractivity contribution >= 4 is 5.97 Å². The van der Waals surface area contributed by atoms with Gasteiger partial charge in [-0.3, -0.25) is 0 Å². The molecule has 0 aromatic heterocycles. The molecule has 4 aliphatic heterocycles. The van der Waals surface area contributed by atoms with Crippen molar-refractivity contribution < 1.29 is 56.9 Å². The third kappa shape index (κ3) is 12.5. The Morgan fingerprint density at radius 3 is 1.41 bits per heavy atom. The minimum Gasteiger partial charge on any atom is -0.453 e. The van der Waals surface area contributed by atoms with Gasteiger partial charge < -0.3 is 52.1 Å². The minimum absolute atomic E-state index is 0.0335. The van der Waals surface area contributed by atoms with Crippen LogP contribution in [0.5, 0.6) is 0 Å². The average molecular weight is 923 g/mol. The minimum atomic E-state index is -1.16. The van der Waals surface area contributed by atoms with Crippen molar-refractivity contribution in [2.24, 2.45) is 0 Å². The topological polar surface area (TPSA) is 119 Å². The van der Waals surface area contributed by atoms with Gasteiger partial charge in [0.1, 0.15) is 42.7 Å². The van der Waals surface area contributed by atoms with Gasteiger partial charge in [0.15, 0.2) is 18.7 Å². The molecule has 12 nitrogen and oxygen atoms in total. The second-order valence-electron chi connectivity index (χ2n) is 17.0. The van der Waals surface area contributed by atoms with E-state index in [4.69, 9.17) is 52.1 Å². The maximum Gasteiger partial charge on any atom is 0.338 e. The summed E-state index contributed by atoms with van der Waals surface area (Å²) < 4.78 is 74.0. The summed E-state index contributed by atoms with van der Waals surface area (Å²) in [5, 5.41) is 0. The van der Waals surface area contributed by atoms with E-state index in [2.05, 4.69) is 0 Å². The van der Waals surface area contributed by atoms with Crippen molar-refractivity contribution in [1.82, 2.24) is 0 Å². The van der Waals surface area contributed by atoms with Gasteiger partial charge in [0.2, 0.25) is 0 Å². The van der Waals surface area contributed by atoms with E-state index in [9.17, 15) is 4.79 Å². The van der Waals surface area contributed by atoms with Crippen LogP contribution in [0.25, 0.3) is 0 Å². The first-order valence-electron chi connectivity index (χ1n) is 23.2. The van der Waals surface area contributed by atoms with E-state index in [0.717, 1.165) is 33.4 Å². The van der Waals surface area contributed by atoms with E-state index in [0.29, 0.717) is 12.2 Å². The number of hydrogen-bond donors (Lipinski definition) is 0. The van der Waals surface area contributed by atoms with Crippen LogP contribution in [0.1, 0.15) is 43.7 Å². The van der Waals surface area contributed by atoms with Crippen LogP contribution in [-0.2, 0) is 91.7 Å². The lowest BCUT2D eigenvalue weighted by molar-refractivity contribution is -0.372. The highest BCUT2D eigenvalue weighted by Gasteiger charge is 2.55. The lowest BCUT2D eigenvalue weighted by atomic mass is 9.95. The number of ether oxygens (including phenoxy) is 11. The Hall–Kier alpha value is -5.61. The summed E-state index contributed by atoms with van der Waals surface area (Å²) in [4.78, 5) is 14.3. The van der Waals surface area contributed by atoms with Crippen molar-refractivity contribution in [3.63, 3.8) is 0 Å². The summed E-state index contributed by atoms with van der Waals surface area (Å²) in [6, 6.07) is 56.6. The van der Waals surface area contributed by atoms with Crippen LogP contribution in [0.2, 0.25) is 0 Å². The molecule has 2 bridgehead atoms. The third-order valence-corrected chi connectivity index (χ3v) is 12.2. The number of carbonyl (C=O) groups is 1. The Kier molecular flexibility index (Phi) is 16.8. The molecule has 12 heteroatoms. The molecule has 10 rings (SSSR count). The van der Waals surface area contributed by atoms with Crippen LogP contribution in [0.15, 0.2) is 176 Å². The normalized spacial score (nSPS) is 26.0. The quantitative estimate of drug-likeness (QED) is 0.0768. The van der Waals surface area contributed by atoms with Gasteiger partial charge in [-0.1, -0.05) is 164 Å². The summed E-state index contributed by atoms with van der Waals surface area (Å²) in [6.07, 6.45) is -9.27. The van der Waals surface area contributed by atoms with E-state index in [1.165, 1.54) is 7.11 Å². The standard InChI is InChI=1S/C56H58O12/c1-58-55-53(64-35-43-25-15-6-16-26-43)51-49(47(65-55)38-60-32-40-19-9-3-10-20-40)68-56-52(63-36-44-27-29-45(30-28-44)54(57)67-51)50(62-34-42-23-13-5-14-24-42)48(61-33-41-21-11-4-12-22-41)46(66-56)37-59-31-39-17-7-2-8-18-39/h2-30,46-53,55-56H,31-38H2,1H3/t46-,47-,48-,49-,50+,51+,52-,53-,55+,56-/m1/s1. The smallest absolute Gasteiger partial charge is 0.338 e. The Morgan fingerprint density at radius 1 is 0.456 bits per heavy atom. The number of rotatable bonds is 18. The molecule has 4 aliphatic rings. The molecule has 2 saturated heterocycles. The van der Waals surface area contributed by atoms with E-state index in [1.54, 1.807) is 12.1 Å². The van der Waals surface area contributed by atoms with Gasteiger partial charge >= 0.3 is 5.97 Å². The average Bonchev–Trinajstić information content (AvgIpc) is 3.40. The molecule has 0 unspecified atom stereocenters. The summed E-state index contributed by atoms with van der Waals surface area (Å²) in [6.45, 7) is 1.58. The Morgan fingerprint density at radius 2 is 0.912 bits per heavy atom. The molecule has 0 spiro atoms. The van der Waals surface area contributed by atoms with Crippen molar-refractivity contribution in [1.29, 1.82) is 0 Å². The third-order valence-electron chi connectivity index (χ3n) is 12.2. The molecule has 354 valence electrons. The first kappa shape index (κ1) is 47.5. The molecule has 6 aromatic rings.